The fourth-order valence-corrected chi connectivity index (χ4v) is 1.08. The van der Waals surface area contributed by atoms with E-state index >= 15 is 0 Å². The number of ether oxygens (including phenoxy) is 2. The van der Waals surface area contributed by atoms with Crippen molar-refractivity contribution >= 4 is 39.2 Å². The van der Waals surface area contributed by atoms with E-state index in [0.29, 0.717) is 0 Å². The molecule has 1 rings (SSSR count). The van der Waals surface area contributed by atoms with Gasteiger partial charge in [0.25, 0.3) is 0 Å². The Morgan fingerprint density at radius 3 is 1.50 bits per heavy atom. The summed E-state index contributed by atoms with van der Waals surface area (Å²) in [6, 6.07) is 0. The molecule has 4 nitrogen and oxygen atoms in total. The van der Waals surface area contributed by atoms with E-state index in [-0.39, 0.29) is 34.9 Å². The van der Waals surface area contributed by atoms with Gasteiger partial charge in [-0.05, 0) is 13.8 Å². The summed E-state index contributed by atoms with van der Waals surface area (Å²) in [6.07, 6.45) is -0.801. The van der Waals surface area contributed by atoms with E-state index < -0.39 is 18.0 Å². The van der Waals surface area contributed by atoms with Gasteiger partial charge in [0.2, 0.25) is 0 Å². The van der Waals surface area contributed by atoms with Crippen LogP contribution in [-0.4, -0.2) is 18.0 Å². The summed E-state index contributed by atoms with van der Waals surface area (Å²) in [4.78, 5) is 0. The van der Waals surface area contributed by atoms with Gasteiger partial charge >= 0.3 is 34.5 Å². The molecule has 100 valence electrons. The molecular formula is C7H18Cl2N2O2P2Ru. The number of halogens is 2. The quantitative estimate of drug-likeness (QED) is 0.530. The topological polar surface area (TPSA) is 66.1 Å². The Morgan fingerprint density at radius 1 is 1.06 bits per heavy atom. The van der Waals surface area contributed by atoms with Crippen molar-refractivity contribution in [2.45, 2.75) is 31.8 Å². The first-order valence-corrected chi connectivity index (χ1v) is 8.20. The Hall–Kier alpha value is 1.90. The van der Waals surface area contributed by atoms with Crippen molar-refractivity contribution in [1.82, 2.24) is 0 Å². The first-order valence-electron chi connectivity index (χ1n) is 3.72. The summed E-state index contributed by atoms with van der Waals surface area (Å²) in [6.45, 7) is 5.86. The van der Waals surface area contributed by atoms with E-state index in [0.717, 1.165) is 13.1 Å². The Morgan fingerprint density at radius 2 is 1.31 bits per heavy atom. The zero-order chi connectivity index (χ0) is 11.2. The first kappa shape index (κ1) is 23.0. The first-order chi connectivity index (χ1) is 6.50. The fourth-order valence-electron chi connectivity index (χ4n) is 1.08. The van der Waals surface area contributed by atoms with Crippen LogP contribution in [0.5, 0.6) is 0 Å². The minimum absolute atomic E-state index is 0. The van der Waals surface area contributed by atoms with Crippen LogP contribution in [0.2, 0.25) is 0 Å². The molecule has 0 aliphatic carbocycles. The zero-order valence-electron chi connectivity index (χ0n) is 9.15. The second-order valence-corrected chi connectivity index (χ2v) is 5.59. The predicted octanol–water partition coefficient (Wildman–Crippen LogP) is 3.43. The maximum atomic E-state index is 6.98. The molecule has 9 heteroatoms. The number of hydrogen-bond acceptors (Lipinski definition) is 2. The van der Waals surface area contributed by atoms with Gasteiger partial charge in [-0.2, -0.15) is 19.8 Å². The minimum atomic E-state index is -0.662. The van der Waals surface area contributed by atoms with Crippen molar-refractivity contribution < 1.29 is 24.6 Å². The molecule has 2 N–H and O–H groups in total. The molecule has 1 aliphatic heterocycles. The molecule has 1 fully saturated rings. The second kappa shape index (κ2) is 12.0. The van der Waals surface area contributed by atoms with Gasteiger partial charge in [-0.1, -0.05) is 0 Å². The van der Waals surface area contributed by atoms with Crippen LogP contribution in [0, 0.1) is 13.1 Å². The Kier molecular flexibility index (Phi) is 17.2. The van der Waals surface area contributed by atoms with Crippen molar-refractivity contribution in [2.75, 3.05) is 0 Å². The molecule has 0 saturated carbocycles. The summed E-state index contributed by atoms with van der Waals surface area (Å²) in [5.74, 6) is -0.662. The summed E-state index contributed by atoms with van der Waals surface area (Å²) in [5, 5.41) is 0. The van der Waals surface area contributed by atoms with Gasteiger partial charge in [-0.3, -0.25) is 0 Å². The van der Waals surface area contributed by atoms with Crippen LogP contribution in [-0.2, 0) is 24.6 Å². The van der Waals surface area contributed by atoms with E-state index in [2.05, 4.69) is 0 Å². The van der Waals surface area contributed by atoms with Crippen LogP contribution in [0.25, 0.3) is 11.5 Å². The van der Waals surface area contributed by atoms with E-state index in [4.69, 9.17) is 40.3 Å². The molecule has 0 bridgehead atoms. The van der Waals surface area contributed by atoms with E-state index in [1.165, 1.54) is 0 Å². The van der Waals surface area contributed by atoms with Gasteiger partial charge in [0, 0.05) is 0 Å². The molecule has 0 aromatic carbocycles. The molecule has 1 heterocycles. The molecule has 0 aromatic rings. The molecule has 0 spiro atoms. The van der Waals surface area contributed by atoms with Crippen LogP contribution in [0.1, 0.15) is 13.8 Å². The molecule has 2 radical (unpaired) electrons. The average molecular weight is 396 g/mol. The normalized spacial score (nSPS) is 25.9. The monoisotopic (exact) mass is 396 g/mol. The van der Waals surface area contributed by atoms with Gasteiger partial charge in [0.1, 0.15) is 0 Å². The molecule has 1 saturated heterocycles. The van der Waals surface area contributed by atoms with Gasteiger partial charge in [0.05, 0.1) is 12.2 Å². The van der Waals surface area contributed by atoms with E-state index in [1.807, 2.05) is 0 Å². The zero-order valence-corrected chi connectivity index (χ0v) is 15.2. The maximum absolute atomic E-state index is 6.98. The van der Waals surface area contributed by atoms with Crippen molar-refractivity contribution in [1.29, 1.82) is 0 Å². The molecule has 0 amide bonds. The Bertz CT molecular complexity index is 157. The van der Waals surface area contributed by atoms with Crippen molar-refractivity contribution in [3.63, 3.8) is 0 Å². The molecular weight excluding hydrogens is 378 g/mol. The third-order valence-electron chi connectivity index (χ3n) is 1.49. The molecule has 0 aromatic heterocycles. The fraction of sp³-hybridized carbons (Fsp3) is 0.714. The van der Waals surface area contributed by atoms with Crippen LogP contribution >= 0.6 is 39.2 Å². The number of hydrogen-bond donors (Lipinski definition) is 0. The van der Waals surface area contributed by atoms with Crippen LogP contribution in [0.3, 0.4) is 0 Å². The SMILES string of the molecule is CC1(C)OC([CH][NH-])C([CH][NH-])O1.P.P.[Cl][Ru+2][Cl]. The molecule has 4 unspecified atom stereocenters. The summed E-state index contributed by atoms with van der Waals surface area (Å²) in [7, 11) is 9.71. The van der Waals surface area contributed by atoms with E-state index in [1.54, 1.807) is 13.8 Å². The van der Waals surface area contributed by atoms with Crippen LogP contribution < -0.4 is 0 Å². The van der Waals surface area contributed by atoms with Crippen molar-refractivity contribution in [3.8, 4) is 0 Å². The van der Waals surface area contributed by atoms with Crippen LogP contribution in [0.4, 0.5) is 0 Å². The third kappa shape index (κ3) is 8.92. The average Bonchev–Trinajstić information content (AvgIpc) is 2.42. The molecule has 1 aliphatic rings. The van der Waals surface area contributed by atoms with Crippen molar-refractivity contribution in [2.24, 2.45) is 0 Å². The third-order valence-corrected chi connectivity index (χ3v) is 1.49. The van der Waals surface area contributed by atoms with Gasteiger partial charge in [-0.15, -0.1) is 13.1 Å². The predicted molar refractivity (Wildman–Crippen MR) is 75.0 cm³/mol. The number of nitrogens with one attached hydrogen (secondary N) is 2. The number of rotatable bonds is 2. The Balaban J connectivity index is -0.000000306. The standard InChI is InChI=1S/C7H12N2O2.2ClH.2H3P.Ru/c1-7(2)10-5(3-8)6(4-9)11-7;;;;;/h3-6,8-9H,1-2H3;2*1H;2*1H3;/q-2;;;;;+4/p-2. The van der Waals surface area contributed by atoms with E-state index in [9.17, 15) is 0 Å². The summed E-state index contributed by atoms with van der Waals surface area (Å²) < 4.78 is 10.6. The second-order valence-electron chi connectivity index (χ2n) is 2.95. The van der Waals surface area contributed by atoms with Gasteiger partial charge in [-0.25, -0.2) is 0 Å². The Labute approximate surface area is 120 Å². The van der Waals surface area contributed by atoms with Crippen LogP contribution in [0.15, 0.2) is 0 Å². The summed E-state index contributed by atoms with van der Waals surface area (Å²) in [5.41, 5.74) is 14.0. The van der Waals surface area contributed by atoms with Gasteiger partial charge < -0.3 is 20.9 Å². The molecule has 4 atom stereocenters. The summed E-state index contributed by atoms with van der Waals surface area (Å²) >= 11 is -0.346. The van der Waals surface area contributed by atoms with Gasteiger partial charge in [0.15, 0.2) is 5.79 Å². The molecule has 16 heavy (non-hydrogen) atoms. The van der Waals surface area contributed by atoms with Crippen molar-refractivity contribution in [3.05, 3.63) is 24.6 Å².